The molecule has 1 aromatic heterocycles. The van der Waals surface area contributed by atoms with Gasteiger partial charge >= 0.3 is 0 Å². The molecule has 19 heavy (non-hydrogen) atoms. The first-order valence-corrected chi connectivity index (χ1v) is 8.10. The summed E-state index contributed by atoms with van der Waals surface area (Å²) in [5.41, 5.74) is 1.58. The van der Waals surface area contributed by atoms with Gasteiger partial charge in [0.15, 0.2) is 0 Å². The summed E-state index contributed by atoms with van der Waals surface area (Å²) in [5, 5.41) is 8.06. The van der Waals surface area contributed by atoms with E-state index in [-0.39, 0.29) is 5.54 Å². The van der Waals surface area contributed by atoms with Crippen LogP contribution in [0, 0.1) is 5.92 Å². The van der Waals surface area contributed by atoms with E-state index in [2.05, 4.69) is 54.2 Å². The molecule has 0 spiro atoms. The standard InChI is InChI=1S/C15H26BrN3/c1-15(2,3)17-9-11-7-5-6-8-12(11)14-13(16)10-18-19(14)4/h10-12,17H,5-9H2,1-4H3. The molecule has 0 aliphatic heterocycles. The predicted octanol–water partition coefficient (Wildman–Crippen LogP) is 3.84. The fraction of sp³-hybridized carbons (Fsp3) is 0.800. The van der Waals surface area contributed by atoms with Gasteiger partial charge < -0.3 is 5.32 Å². The highest BCUT2D eigenvalue weighted by Gasteiger charge is 2.30. The number of nitrogens with zero attached hydrogens (tertiary/aromatic N) is 2. The summed E-state index contributed by atoms with van der Waals surface area (Å²) < 4.78 is 3.21. The van der Waals surface area contributed by atoms with Gasteiger partial charge in [-0.3, -0.25) is 4.68 Å². The molecule has 0 aromatic carbocycles. The maximum absolute atomic E-state index is 4.38. The molecule has 1 aliphatic carbocycles. The van der Waals surface area contributed by atoms with Crippen molar-refractivity contribution >= 4 is 15.9 Å². The number of nitrogens with one attached hydrogen (secondary N) is 1. The highest BCUT2D eigenvalue weighted by atomic mass is 79.9. The number of halogens is 1. The van der Waals surface area contributed by atoms with Crippen molar-refractivity contribution < 1.29 is 0 Å². The molecule has 0 bridgehead atoms. The van der Waals surface area contributed by atoms with Crippen LogP contribution in [-0.2, 0) is 7.05 Å². The van der Waals surface area contributed by atoms with Crippen LogP contribution in [0.4, 0.5) is 0 Å². The summed E-state index contributed by atoms with van der Waals surface area (Å²) in [7, 11) is 2.06. The van der Waals surface area contributed by atoms with Crippen molar-refractivity contribution in [2.45, 2.75) is 57.9 Å². The molecule has 1 aliphatic rings. The Morgan fingerprint density at radius 3 is 2.63 bits per heavy atom. The summed E-state index contributed by atoms with van der Waals surface area (Å²) in [5.74, 6) is 1.35. The Balaban J connectivity index is 2.12. The van der Waals surface area contributed by atoms with E-state index in [1.165, 1.54) is 35.8 Å². The van der Waals surface area contributed by atoms with Crippen LogP contribution < -0.4 is 5.32 Å². The molecular weight excluding hydrogens is 302 g/mol. The minimum atomic E-state index is 0.200. The number of aromatic nitrogens is 2. The fourth-order valence-corrected chi connectivity index (χ4v) is 3.73. The van der Waals surface area contributed by atoms with E-state index in [4.69, 9.17) is 0 Å². The van der Waals surface area contributed by atoms with E-state index in [0.29, 0.717) is 5.92 Å². The summed E-state index contributed by atoms with van der Waals surface area (Å²) in [6.45, 7) is 7.83. The average Bonchev–Trinajstić information content (AvgIpc) is 2.66. The van der Waals surface area contributed by atoms with Crippen LogP contribution in [0.5, 0.6) is 0 Å². The van der Waals surface area contributed by atoms with E-state index in [1.807, 2.05) is 10.9 Å². The first-order chi connectivity index (χ1) is 8.88. The zero-order valence-electron chi connectivity index (χ0n) is 12.5. The molecule has 0 amide bonds. The van der Waals surface area contributed by atoms with Gasteiger partial charge in [0.1, 0.15) is 0 Å². The maximum atomic E-state index is 4.38. The Kier molecular flexibility index (Phi) is 4.72. The molecule has 2 unspecified atom stereocenters. The van der Waals surface area contributed by atoms with Crippen LogP contribution in [0.3, 0.4) is 0 Å². The Morgan fingerprint density at radius 2 is 2.05 bits per heavy atom. The van der Waals surface area contributed by atoms with E-state index in [0.717, 1.165) is 12.5 Å². The monoisotopic (exact) mass is 327 g/mol. The van der Waals surface area contributed by atoms with Gasteiger partial charge in [-0.2, -0.15) is 5.10 Å². The molecule has 1 N–H and O–H groups in total. The minimum absolute atomic E-state index is 0.200. The van der Waals surface area contributed by atoms with Crippen molar-refractivity contribution in [3.05, 3.63) is 16.4 Å². The molecule has 1 saturated carbocycles. The number of rotatable bonds is 3. The molecule has 2 atom stereocenters. The van der Waals surface area contributed by atoms with E-state index in [1.54, 1.807) is 0 Å². The highest BCUT2D eigenvalue weighted by Crippen LogP contribution is 2.40. The lowest BCUT2D eigenvalue weighted by molar-refractivity contribution is 0.261. The van der Waals surface area contributed by atoms with Crippen LogP contribution in [0.2, 0.25) is 0 Å². The Hall–Kier alpha value is -0.350. The van der Waals surface area contributed by atoms with Crippen LogP contribution in [-0.4, -0.2) is 21.9 Å². The highest BCUT2D eigenvalue weighted by molar-refractivity contribution is 9.10. The van der Waals surface area contributed by atoms with E-state index < -0.39 is 0 Å². The van der Waals surface area contributed by atoms with Crippen molar-refractivity contribution in [3.8, 4) is 0 Å². The zero-order valence-corrected chi connectivity index (χ0v) is 14.1. The smallest absolute Gasteiger partial charge is 0.0635 e. The van der Waals surface area contributed by atoms with Crippen molar-refractivity contribution in [1.82, 2.24) is 15.1 Å². The average molecular weight is 328 g/mol. The Labute approximate surface area is 125 Å². The third-order valence-corrected chi connectivity index (χ3v) is 4.70. The summed E-state index contributed by atoms with van der Waals surface area (Å²) in [6.07, 6.45) is 7.24. The Morgan fingerprint density at radius 1 is 1.37 bits per heavy atom. The second-order valence-electron chi connectivity index (χ2n) is 6.78. The number of hydrogen-bond donors (Lipinski definition) is 1. The van der Waals surface area contributed by atoms with Gasteiger partial charge in [0.2, 0.25) is 0 Å². The SMILES string of the molecule is Cn1ncc(Br)c1C1CCCCC1CNC(C)(C)C. The van der Waals surface area contributed by atoms with Gasteiger partial charge in [-0.15, -0.1) is 0 Å². The second kappa shape index (κ2) is 5.96. The zero-order chi connectivity index (χ0) is 14.0. The topological polar surface area (TPSA) is 29.9 Å². The minimum Gasteiger partial charge on any atom is -0.312 e. The Bertz CT molecular complexity index is 400. The molecule has 0 radical (unpaired) electrons. The van der Waals surface area contributed by atoms with Gasteiger partial charge in [0.25, 0.3) is 0 Å². The summed E-state index contributed by atoms with van der Waals surface area (Å²) in [6, 6.07) is 0. The van der Waals surface area contributed by atoms with Gasteiger partial charge in [0.05, 0.1) is 16.4 Å². The van der Waals surface area contributed by atoms with Crippen LogP contribution in [0.25, 0.3) is 0 Å². The lowest BCUT2D eigenvalue weighted by Crippen LogP contribution is -2.41. The number of hydrogen-bond acceptors (Lipinski definition) is 2. The molecule has 3 nitrogen and oxygen atoms in total. The van der Waals surface area contributed by atoms with Gasteiger partial charge in [-0.1, -0.05) is 12.8 Å². The van der Waals surface area contributed by atoms with E-state index in [9.17, 15) is 0 Å². The second-order valence-corrected chi connectivity index (χ2v) is 7.64. The first-order valence-electron chi connectivity index (χ1n) is 7.31. The van der Waals surface area contributed by atoms with Crippen LogP contribution in [0.15, 0.2) is 10.7 Å². The molecule has 1 aromatic rings. The van der Waals surface area contributed by atoms with Gasteiger partial charge in [-0.05, 0) is 62.0 Å². The van der Waals surface area contributed by atoms with Crippen molar-refractivity contribution in [1.29, 1.82) is 0 Å². The fourth-order valence-electron chi connectivity index (χ4n) is 3.09. The number of aryl methyl sites for hydroxylation is 1. The molecule has 108 valence electrons. The van der Waals surface area contributed by atoms with E-state index >= 15 is 0 Å². The molecule has 1 heterocycles. The lowest BCUT2D eigenvalue weighted by Gasteiger charge is -2.34. The maximum Gasteiger partial charge on any atom is 0.0635 e. The molecule has 0 saturated heterocycles. The summed E-state index contributed by atoms with van der Waals surface area (Å²) in [4.78, 5) is 0. The lowest BCUT2D eigenvalue weighted by atomic mass is 9.77. The van der Waals surface area contributed by atoms with Crippen molar-refractivity contribution in [2.24, 2.45) is 13.0 Å². The quantitative estimate of drug-likeness (QED) is 0.913. The molecule has 2 rings (SSSR count). The molecular formula is C15H26BrN3. The van der Waals surface area contributed by atoms with Gasteiger partial charge in [0, 0.05) is 18.5 Å². The van der Waals surface area contributed by atoms with Crippen LogP contribution >= 0.6 is 15.9 Å². The molecule has 1 fully saturated rings. The predicted molar refractivity (Wildman–Crippen MR) is 83.4 cm³/mol. The summed E-state index contributed by atoms with van der Waals surface area (Å²) >= 11 is 3.67. The van der Waals surface area contributed by atoms with Crippen LogP contribution in [0.1, 0.15) is 58.1 Å². The first kappa shape index (κ1) is 15.0. The molecule has 4 heteroatoms. The van der Waals surface area contributed by atoms with Crippen molar-refractivity contribution in [2.75, 3.05) is 6.54 Å². The largest absolute Gasteiger partial charge is 0.312 e. The third kappa shape index (κ3) is 3.82. The van der Waals surface area contributed by atoms with Gasteiger partial charge in [-0.25, -0.2) is 0 Å². The third-order valence-electron chi connectivity index (χ3n) is 4.09. The normalized spacial score (nSPS) is 24.7. The van der Waals surface area contributed by atoms with Crippen molar-refractivity contribution in [3.63, 3.8) is 0 Å².